The van der Waals surface area contributed by atoms with Crippen molar-refractivity contribution in [2.24, 2.45) is 0 Å². The summed E-state index contributed by atoms with van der Waals surface area (Å²) in [7, 11) is 0. The molecule has 0 spiro atoms. The molecule has 0 aliphatic carbocycles. The molecule has 0 amide bonds. The topological polar surface area (TPSA) is 46.5 Å². The van der Waals surface area contributed by atoms with Gasteiger partial charge in [-0.15, -0.1) is 0 Å². The highest BCUT2D eigenvalue weighted by molar-refractivity contribution is 5.95. The summed E-state index contributed by atoms with van der Waals surface area (Å²) in [5.74, 6) is -1.53. The molecule has 1 unspecified atom stereocenters. The molecule has 0 bridgehead atoms. The predicted octanol–water partition coefficient (Wildman–Crippen LogP) is 5.07. The number of ether oxygens (including phenoxy) is 1. The smallest absolute Gasteiger partial charge is 0.430 e. The SMILES string of the molecule is CC(C)(C)c1cc2c(c(C(C)(C)C)c1)OC(C(F)(F)F)C(C(=O)O)=C2. The Morgan fingerprint density at radius 3 is 2.00 bits per heavy atom. The Balaban J connectivity index is 2.79. The summed E-state index contributed by atoms with van der Waals surface area (Å²) < 4.78 is 45.2. The molecular formula is C19H23F3O3. The van der Waals surface area contributed by atoms with Crippen LogP contribution in [0.15, 0.2) is 17.7 Å². The van der Waals surface area contributed by atoms with Crippen molar-refractivity contribution in [3.05, 3.63) is 34.4 Å². The fourth-order valence-electron chi connectivity index (χ4n) is 2.72. The molecule has 0 saturated carbocycles. The zero-order valence-corrected chi connectivity index (χ0v) is 15.2. The van der Waals surface area contributed by atoms with Crippen LogP contribution in [0.1, 0.15) is 58.2 Å². The lowest BCUT2D eigenvalue weighted by atomic mass is 9.78. The lowest BCUT2D eigenvalue weighted by molar-refractivity contribution is -0.187. The van der Waals surface area contributed by atoms with Gasteiger partial charge < -0.3 is 9.84 Å². The largest absolute Gasteiger partial charge is 0.478 e. The van der Waals surface area contributed by atoms with Gasteiger partial charge in [0, 0.05) is 11.1 Å². The van der Waals surface area contributed by atoms with E-state index < -0.39 is 29.2 Å². The zero-order chi connectivity index (χ0) is 19.4. The highest BCUT2D eigenvalue weighted by atomic mass is 19.4. The van der Waals surface area contributed by atoms with E-state index in [0.29, 0.717) is 11.1 Å². The van der Waals surface area contributed by atoms with Crippen molar-refractivity contribution in [1.29, 1.82) is 0 Å². The van der Waals surface area contributed by atoms with E-state index >= 15 is 0 Å². The van der Waals surface area contributed by atoms with E-state index in [1.165, 1.54) is 0 Å². The third-order valence-corrected chi connectivity index (χ3v) is 4.17. The lowest BCUT2D eigenvalue weighted by Gasteiger charge is -2.33. The van der Waals surface area contributed by atoms with Crippen LogP contribution in [0.2, 0.25) is 0 Å². The summed E-state index contributed by atoms with van der Waals surface area (Å²) in [6, 6.07) is 3.56. The molecule has 1 heterocycles. The van der Waals surface area contributed by atoms with Gasteiger partial charge in [0.1, 0.15) is 5.75 Å². The van der Waals surface area contributed by atoms with Crippen LogP contribution in [-0.2, 0) is 15.6 Å². The van der Waals surface area contributed by atoms with E-state index in [4.69, 9.17) is 4.74 Å². The Morgan fingerprint density at radius 1 is 1.04 bits per heavy atom. The van der Waals surface area contributed by atoms with Crippen molar-refractivity contribution in [3.63, 3.8) is 0 Å². The molecule has 0 aromatic heterocycles. The Morgan fingerprint density at radius 2 is 1.60 bits per heavy atom. The zero-order valence-electron chi connectivity index (χ0n) is 15.2. The average molecular weight is 356 g/mol. The highest BCUT2D eigenvalue weighted by Crippen LogP contribution is 2.44. The minimum atomic E-state index is -4.81. The number of carbonyl (C=O) groups is 1. The molecular weight excluding hydrogens is 333 g/mol. The molecule has 0 fully saturated rings. The molecule has 138 valence electrons. The summed E-state index contributed by atoms with van der Waals surface area (Å²) in [5.41, 5.74) is 0.403. The van der Waals surface area contributed by atoms with Crippen molar-refractivity contribution in [1.82, 2.24) is 0 Å². The van der Waals surface area contributed by atoms with Crippen LogP contribution in [0.3, 0.4) is 0 Å². The van der Waals surface area contributed by atoms with Gasteiger partial charge in [0.2, 0.25) is 6.10 Å². The van der Waals surface area contributed by atoms with Gasteiger partial charge in [-0.1, -0.05) is 47.6 Å². The van der Waals surface area contributed by atoms with Gasteiger partial charge in [-0.05, 0) is 28.5 Å². The van der Waals surface area contributed by atoms with E-state index in [2.05, 4.69) is 0 Å². The second-order valence-electron chi connectivity index (χ2n) is 8.39. The van der Waals surface area contributed by atoms with Crippen LogP contribution in [0.25, 0.3) is 6.08 Å². The van der Waals surface area contributed by atoms with Crippen LogP contribution in [0, 0.1) is 0 Å². The molecule has 1 aromatic rings. The fourth-order valence-corrected chi connectivity index (χ4v) is 2.72. The predicted molar refractivity (Wildman–Crippen MR) is 89.9 cm³/mol. The quantitative estimate of drug-likeness (QED) is 0.764. The van der Waals surface area contributed by atoms with E-state index in [9.17, 15) is 23.1 Å². The minimum absolute atomic E-state index is 0.104. The van der Waals surface area contributed by atoms with Crippen LogP contribution >= 0.6 is 0 Å². The van der Waals surface area contributed by atoms with Gasteiger partial charge >= 0.3 is 12.1 Å². The van der Waals surface area contributed by atoms with Crippen LogP contribution < -0.4 is 4.74 Å². The van der Waals surface area contributed by atoms with E-state index in [1.807, 2.05) is 47.6 Å². The number of hydrogen-bond acceptors (Lipinski definition) is 2. The summed E-state index contributed by atoms with van der Waals surface area (Å²) in [6.45, 7) is 11.6. The first-order valence-corrected chi connectivity index (χ1v) is 7.99. The number of benzene rings is 1. The normalized spacial score (nSPS) is 18.3. The molecule has 1 N–H and O–H groups in total. The third-order valence-electron chi connectivity index (χ3n) is 4.17. The van der Waals surface area contributed by atoms with Crippen molar-refractivity contribution in [2.45, 2.75) is 64.7 Å². The molecule has 1 aliphatic heterocycles. The van der Waals surface area contributed by atoms with Crippen molar-refractivity contribution < 1.29 is 27.8 Å². The van der Waals surface area contributed by atoms with E-state index in [-0.39, 0.29) is 11.2 Å². The monoisotopic (exact) mass is 356 g/mol. The van der Waals surface area contributed by atoms with Crippen LogP contribution in [-0.4, -0.2) is 23.4 Å². The van der Waals surface area contributed by atoms with Crippen molar-refractivity contribution in [2.75, 3.05) is 0 Å². The van der Waals surface area contributed by atoms with Gasteiger partial charge in [-0.2, -0.15) is 13.2 Å². The first kappa shape index (κ1) is 19.3. The molecule has 6 heteroatoms. The van der Waals surface area contributed by atoms with Crippen molar-refractivity contribution in [3.8, 4) is 5.75 Å². The second-order valence-corrected chi connectivity index (χ2v) is 8.39. The fraction of sp³-hybridized carbons (Fsp3) is 0.526. The average Bonchev–Trinajstić information content (AvgIpc) is 2.41. The third kappa shape index (κ3) is 3.83. The van der Waals surface area contributed by atoms with E-state index in [1.54, 1.807) is 6.07 Å². The highest BCUT2D eigenvalue weighted by Gasteiger charge is 2.49. The second kappa shape index (κ2) is 5.78. The maximum Gasteiger partial charge on any atom is 0.430 e. The number of rotatable bonds is 1. The lowest BCUT2D eigenvalue weighted by Crippen LogP contribution is -2.41. The summed E-state index contributed by atoms with van der Waals surface area (Å²) in [4.78, 5) is 11.3. The number of carboxylic acids is 1. The Kier molecular flexibility index (Phi) is 4.47. The standard InChI is InChI=1S/C19H23F3O3/c1-17(2,3)11-7-10-8-12(16(23)24)15(19(20,21)22)25-14(10)13(9-11)18(4,5)6/h7-9,15H,1-6H3,(H,23,24). The number of halogens is 3. The first-order valence-electron chi connectivity index (χ1n) is 7.99. The Hall–Kier alpha value is -1.98. The summed E-state index contributed by atoms with van der Waals surface area (Å²) in [6.07, 6.45) is -6.19. The first-order chi connectivity index (χ1) is 11.1. The van der Waals surface area contributed by atoms with Gasteiger partial charge in [-0.25, -0.2) is 4.79 Å². The van der Waals surface area contributed by atoms with Gasteiger partial charge in [0.15, 0.2) is 0 Å². The molecule has 1 aromatic carbocycles. The van der Waals surface area contributed by atoms with Gasteiger partial charge in [-0.3, -0.25) is 0 Å². The van der Waals surface area contributed by atoms with Gasteiger partial charge in [0.05, 0.1) is 5.57 Å². The Bertz CT molecular complexity index is 732. The number of aliphatic carboxylic acids is 1. The van der Waals surface area contributed by atoms with Crippen molar-refractivity contribution >= 4 is 12.0 Å². The van der Waals surface area contributed by atoms with E-state index in [0.717, 1.165) is 11.6 Å². The molecule has 0 saturated heterocycles. The molecule has 0 radical (unpaired) electrons. The number of alkyl halides is 3. The molecule has 25 heavy (non-hydrogen) atoms. The number of fused-ring (bicyclic) bond motifs is 1. The summed E-state index contributed by atoms with van der Waals surface area (Å²) in [5, 5.41) is 9.21. The van der Waals surface area contributed by atoms with Crippen LogP contribution in [0.4, 0.5) is 13.2 Å². The number of hydrogen-bond donors (Lipinski definition) is 1. The maximum absolute atomic E-state index is 13.3. The molecule has 1 aliphatic rings. The molecule has 2 rings (SSSR count). The van der Waals surface area contributed by atoms with Crippen LogP contribution in [0.5, 0.6) is 5.75 Å². The maximum atomic E-state index is 13.3. The number of carboxylic acid groups (broad SMARTS) is 1. The molecule has 1 atom stereocenters. The van der Waals surface area contributed by atoms with Gasteiger partial charge in [0.25, 0.3) is 0 Å². The Labute approximate surface area is 145 Å². The summed E-state index contributed by atoms with van der Waals surface area (Å²) >= 11 is 0. The molecule has 3 nitrogen and oxygen atoms in total. The minimum Gasteiger partial charge on any atom is -0.478 e.